The van der Waals surface area contributed by atoms with Crippen molar-refractivity contribution >= 4 is 23.4 Å². The number of benzene rings is 1. The van der Waals surface area contributed by atoms with E-state index in [1.807, 2.05) is 11.8 Å². The molecular formula is C24H34N6S+2. The van der Waals surface area contributed by atoms with Gasteiger partial charge in [-0.2, -0.15) is 5.43 Å². The molecule has 0 bridgehead atoms. The molecule has 0 spiro atoms. The summed E-state index contributed by atoms with van der Waals surface area (Å²) < 4.78 is 6.67. The van der Waals surface area contributed by atoms with E-state index in [2.05, 4.69) is 87.2 Å². The second-order valence-corrected chi connectivity index (χ2v) is 9.33. The van der Waals surface area contributed by atoms with Crippen LogP contribution in [0.4, 0.5) is 0 Å². The van der Waals surface area contributed by atoms with Crippen molar-refractivity contribution in [1.82, 2.24) is 15.4 Å². The van der Waals surface area contributed by atoms with Crippen molar-refractivity contribution in [3.63, 3.8) is 0 Å². The average molecular weight is 439 g/mol. The molecule has 0 amide bonds. The molecule has 4 rings (SSSR count). The van der Waals surface area contributed by atoms with E-state index in [-0.39, 0.29) is 0 Å². The molecule has 1 fully saturated rings. The molecule has 6 nitrogen and oxygen atoms in total. The average Bonchev–Trinajstić information content (AvgIpc) is 3.43. The van der Waals surface area contributed by atoms with Crippen molar-refractivity contribution in [1.29, 1.82) is 0 Å². The number of hydrogen-bond donors (Lipinski definition) is 3. The highest BCUT2D eigenvalue weighted by molar-refractivity contribution is 7.99. The summed E-state index contributed by atoms with van der Waals surface area (Å²) in [7, 11) is 2.13. The van der Waals surface area contributed by atoms with Crippen LogP contribution in [0.1, 0.15) is 38.2 Å². The van der Waals surface area contributed by atoms with Crippen LogP contribution in [-0.4, -0.2) is 33.9 Å². The lowest BCUT2D eigenvalue weighted by Gasteiger charge is -2.06. The highest BCUT2D eigenvalue weighted by Crippen LogP contribution is 2.23. The molecule has 2 aromatic heterocycles. The van der Waals surface area contributed by atoms with Crippen LogP contribution in [0.3, 0.4) is 0 Å². The van der Waals surface area contributed by atoms with Gasteiger partial charge in [-0.15, -0.1) is 11.8 Å². The van der Waals surface area contributed by atoms with E-state index in [0.29, 0.717) is 5.96 Å². The molecule has 3 aromatic rings. The first-order chi connectivity index (χ1) is 15.2. The zero-order valence-electron chi connectivity index (χ0n) is 18.6. The van der Waals surface area contributed by atoms with Crippen molar-refractivity contribution in [2.24, 2.45) is 12.8 Å². The molecule has 164 valence electrons. The fraction of sp³-hybridized carbons (Fsp3) is 0.417. The predicted octanol–water partition coefficient (Wildman–Crippen LogP) is 3.04. The molecule has 1 aromatic carbocycles. The number of hydrogen-bond acceptors (Lipinski definition) is 2. The Morgan fingerprint density at radius 2 is 1.87 bits per heavy atom. The van der Waals surface area contributed by atoms with Gasteiger partial charge in [0.25, 0.3) is 5.65 Å². The SMILES string of the molecule is CCCCSc1ccc2n(C)c(-c3ccc(CNNC(N)=[N+]4CCCC4)cc3)c[n+]2c1. The summed E-state index contributed by atoms with van der Waals surface area (Å²) in [6, 6.07) is 13.2. The van der Waals surface area contributed by atoms with Crippen molar-refractivity contribution in [2.75, 3.05) is 18.8 Å². The van der Waals surface area contributed by atoms with Crippen molar-refractivity contribution in [3.8, 4) is 11.3 Å². The van der Waals surface area contributed by atoms with Crippen molar-refractivity contribution in [3.05, 3.63) is 54.4 Å². The fourth-order valence-electron chi connectivity index (χ4n) is 3.97. The van der Waals surface area contributed by atoms with Crippen LogP contribution in [0, 0.1) is 0 Å². The molecule has 1 saturated heterocycles. The summed E-state index contributed by atoms with van der Waals surface area (Å²) in [5.74, 6) is 1.89. The molecule has 0 atom stereocenters. The standard InChI is InChI=1S/C24H33N6S/c1-3-4-15-31-21-11-12-23-28(2)22(18-30(23)17-21)20-9-7-19(8-10-20)16-26-27-24(25)29-13-5-6-14-29/h7-12,17-18,26H,3-6,13-16H2,1-2H3,(H2,25,27)/q+1/p+1. The van der Waals surface area contributed by atoms with Gasteiger partial charge >= 0.3 is 5.96 Å². The number of aromatic nitrogens is 2. The van der Waals surface area contributed by atoms with Crippen LogP contribution in [-0.2, 0) is 13.6 Å². The Morgan fingerprint density at radius 1 is 1.10 bits per heavy atom. The molecule has 1 aliphatic heterocycles. The Morgan fingerprint density at radius 3 is 2.61 bits per heavy atom. The molecule has 0 aliphatic carbocycles. The molecular weight excluding hydrogens is 404 g/mol. The predicted molar refractivity (Wildman–Crippen MR) is 128 cm³/mol. The summed E-state index contributed by atoms with van der Waals surface area (Å²) in [5.41, 5.74) is 17.3. The number of nitrogens with zero attached hydrogens (tertiary/aromatic N) is 3. The first-order valence-electron chi connectivity index (χ1n) is 11.2. The third-order valence-electron chi connectivity index (χ3n) is 5.87. The van der Waals surface area contributed by atoms with Crippen LogP contribution < -0.4 is 21.0 Å². The second kappa shape index (κ2) is 10.2. The zero-order chi connectivity index (χ0) is 21.6. The maximum atomic E-state index is 6.10. The number of unbranched alkanes of at least 4 members (excludes halogenated alkanes) is 1. The van der Waals surface area contributed by atoms with Gasteiger partial charge in [0.15, 0.2) is 5.69 Å². The van der Waals surface area contributed by atoms with Gasteiger partial charge in [-0.05, 0) is 36.6 Å². The molecule has 0 saturated carbocycles. The number of nitrogens with two attached hydrogens (primary N) is 1. The van der Waals surface area contributed by atoms with Gasteiger partial charge in [0.05, 0.1) is 26.7 Å². The zero-order valence-corrected chi connectivity index (χ0v) is 19.4. The van der Waals surface area contributed by atoms with E-state index in [1.54, 1.807) is 0 Å². The minimum absolute atomic E-state index is 0.717. The van der Waals surface area contributed by atoms with Gasteiger partial charge in [-0.25, -0.2) is 14.4 Å². The van der Waals surface area contributed by atoms with Crippen LogP contribution in [0.25, 0.3) is 16.9 Å². The van der Waals surface area contributed by atoms with Gasteiger partial charge in [0.1, 0.15) is 12.4 Å². The largest absolute Gasteiger partial charge is 0.360 e. The van der Waals surface area contributed by atoms with Crippen LogP contribution in [0.5, 0.6) is 0 Å². The lowest BCUT2D eigenvalue weighted by atomic mass is 10.1. The highest BCUT2D eigenvalue weighted by atomic mass is 32.2. The first kappa shape index (κ1) is 21.7. The van der Waals surface area contributed by atoms with E-state index in [9.17, 15) is 0 Å². The highest BCUT2D eigenvalue weighted by Gasteiger charge is 2.17. The molecule has 4 N–H and O–H groups in total. The minimum atomic E-state index is 0.717. The Hall–Kier alpha value is -2.51. The minimum Gasteiger partial charge on any atom is -0.289 e. The van der Waals surface area contributed by atoms with E-state index in [0.717, 1.165) is 19.6 Å². The number of hydrazine groups is 1. The summed E-state index contributed by atoms with van der Waals surface area (Å²) in [6.07, 6.45) is 9.39. The van der Waals surface area contributed by atoms with E-state index in [4.69, 9.17) is 5.73 Å². The Kier molecular flexibility index (Phi) is 7.14. The molecule has 7 heteroatoms. The smallest absolute Gasteiger partial charge is 0.289 e. The normalized spacial score (nSPS) is 13.8. The topological polar surface area (TPSA) is 62.1 Å². The Balaban J connectivity index is 1.42. The third-order valence-corrected chi connectivity index (χ3v) is 6.93. The summed E-state index contributed by atoms with van der Waals surface area (Å²) >= 11 is 1.93. The summed E-state index contributed by atoms with van der Waals surface area (Å²) in [4.78, 5) is 1.32. The number of thioether (sulfide) groups is 1. The number of guanidine groups is 1. The number of aryl methyl sites for hydroxylation is 1. The monoisotopic (exact) mass is 438 g/mol. The second-order valence-electron chi connectivity index (χ2n) is 8.16. The third kappa shape index (κ3) is 5.22. The summed E-state index contributed by atoms with van der Waals surface area (Å²) in [5, 5.41) is 0. The van der Waals surface area contributed by atoms with Gasteiger partial charge in [-0.1, -0.05) is 37.6 Å². The lowest BCUT2D eigenvalue weighted by Crippen LogP contribution is -2.47. The maximum absolute atomic E-state index is 6.10. The molecule has 31 heavy (non-hydrogen) atoms. The van der Waals surface area contributed by atoms with E-state index < -0.39 is 0 Å². The molecule has 0 radical (unpaired) electrons. The lowest BCUT2D eigenvalue weighted by molar-refractivity contribution is -0.512. The van der Waals surface area contributed by atoms with Crippen molar-refractivity contribution in [2.45, 2.75) is 44.0 Å². The van der Waals surface area contributed by atoms with Crippen LogP contribution in [0.2, 0.25) is 0 Å². The summed E-state index contributed by atoms with van der Waals surface area (Å²) in [6.45, 7) is 5.04. The number of nitrogens with one attached hydrogen (secondary N) is 2. The van der Waals surface area contributed by atoms with E-state index in [1.165, 1.54) is 58.8 Å². The maximum Gasteiger partial charge on any atom is 0.360 e. The van der Waals surface area contributed by atoms with Crippen LogP contribution >= 0.6 is 11.8 Å². The van der Waals surface area contributed by atoms with Gasteiger partial charge in [0, 0.05) is 16.5 Å². The number of fused-ring (bicyclic) bond motifs is 1. The van der Waals surface area contributed by atoms with Gasteiger partial charge in [0.2, 0.25) is 0 Å². The van der Waals surface area contributed by atoms with Crippen LogP contribution in [0.15, 0.2) is 53.7 Å². The fourth-order valence-corrected chi connectivity index (χ4v) is 5.00. The number of imidazole rings is 1. The molecule has 0 unspecified atom stereocenters. The quantitative estimate of drug-likeness (QED) is 0.166. The Labute approximate surface area is 189 Å². The van der Waals surface area contributed by atoms with Gasteiger partial charge in [-0.3, -0.25) is 10.3 Å². The molecule has 3 heterocycles. The van der Waals surface area contributed by atoms with Crippen molar-refractivity contribution < 1.29 is 8.98 Å². The molecule has 1 aliphatic rings. The number of pyridine rings is 1. The van der Waals surface area contributed by atoms with E-state index >= 15 is 0 Å². The first-order valence-corrected chi connectivity index (χ1v) is 12.2. The van der Waals surface area contributed by atoms with Gasteiger partial charge < -0.3 is 0 Å². The Bertz CT molecular complexity index is 1050. The number of rotatable bonds is 8.